The maximum absolute atomic E-state index is 13.1. The maximum Gasteiger partial charge on any atom is 0.435 e. The molecular formula is C25H26ClF3N4O2. The number of halogens is 4. The minimum atomic E-state index is -4.51. The first kappa shape index (κ1) is 26.3. The van der Waals surface area contributed by atoms with E-state index < -0.39 is 23.7 Å². The summed E-state index contributed by atoms with van der Waals surface area (Å²) in [5.41, 5.74) is 1.56. The van der Waals surface area contributed by atoms with E-state index in [1.165, 1.54) is 16.8 Å². The lowest BCUT2D eigenvalue weighted by molar-refractivity contribution is -0.141. The standard InChI is InChI=1S/C25H26ClF3N4O2/c1-5-15(3)30-23(34)18-7-6-8-19(26)22(18)24(35)31-20-10-9-17(11-14(20)2)13-33-16(4)12-21(32-33)25(27,28)29/h6-12,15H,5,13H2,1-4H3,(H,30,34)(H,31,35). The van der Waals surface area contributed by atoms with Gasteiger partial charge < -0.3 is 10.6 Å². The summed E-state index contributed by atoms with van der Waals surface area (Å²) in [6.07, 6.45) is -3.78. The summed E-state index contributed by atoms with van der Waals surface area (Å²) in [6.45, 7) is 7.26. The number of aromatic nitrogens is 2. The first-order valence-electron chi connectivity index (χ1n) is 11.0. The summed E-state index contributed by atoms with van der Waals surface area (Å²) in [5.74, 6) is -0.939. The molecule has 2 aromatic carbocycles. The molecule has 1 heterocycles. The summed E-state index contributed by atoms with van der Waals surface area (Å²) in [6, 6.07) is 10.7. The molecule has 35 heavy (non-hydrogen) atoms. The fraction of sp³-hybridized carbons (Fsp3) is 0.320. The van der Waals surface area contributed by atoms with Gasteiger partial charge in [0.25, 0.3) is 11.8 Å². The number of hydrogen-bond donors (Lipinski definition) is 2. The minimum Gasteiger partial charge on any atom is -0.350 e. The van der Waals surface area contributed by atoms with Gasteiger partial charge in [-0.15, -0.1) is 0 Å². The normalized spacial score (nSPS) is 12.3. The monoisotopic (exact) mass is 506 g/mol. The largest absolute Gasteiger partial charge is 0.435 e. The Morgan fingerprint density at radius 1 is 1.11 bits per heavy atom. The predicted octanol–water partition coefficient (Wildman–Crippen LogP) is 6.00. The van der Waals surface area contributed by atoms with Crippen molar-refractivity contribution in [3.63, 3.8) is 0 Å². The highest BCUT2D eigenvalue weighted by atomic mass is 35.5. The number of amides is 2. The van der Waals surface area contributed by atoms with Gasteiger partial charge in [0.1, 0.15) is 0 Å². The van der Waals surface area contributed by atoms with Gasteiger partial charge in [0.05, 0.1) is 22.7 Å². The summed E-state index contributed by atoms with van der Waals surface area (Å²) in [4.78, 5) is 25.8. The number of aryl methyl sites for hydroxylation is 2. The zero-order chi connectivity index (χ0) is 25.9. The van der Waals surface area contributed by atoms with E-state index in [-0.39, 0.29) is 28.7 Å². The van der Waals surface area contributed by atoms with Gasteiger partial charge in [-0.1, -0.05) is 36.7 Å². The van der Waals surface area contributed by atoms with Gasteiger partial charge in [0, 0.05) is 17.4 Å². The molecule has 0 saturated carbocycles. The molecule has 10 heteroatoms. The molecule has 3 aromatic rings. The molecule has 0 spiro atoms. The predicted molar refractivity (Wildman–Crippen MR) is 129 cm³/mol. The number of nitrogens with one attached hydrogen (secondary N) is 2. The number of rotatable bonds is 7. The molecule has 0 aliphatic carbocycles. The average Bonchev–Trinajstić information content (AvgIpc) is 3.15. The van der Waals surface area contributed by atoms with Crippen molar-refractivity contribution in [2.75, 3.05) is 5.32 Å². The molecule has 1 unspecified atom stereocenters. The van der Waals surface area contributed by atoms with Crippen LogP contribution in [0.5, 0.6) is 0 Å². The fourth-order valence-electron chi connectivity index (χ4n) is 3.48. The van der Waals surface area contributed by atoms with Crippen LogP contribution in [0, 0.1) is 13.8 Å². The molecule has 0 saturated heterocycles. The summed E-state index contributed by atoms with van der Waals surface area (Å²) in [7, 11) is 0. The Bertz CT molecular complexity index is 1250. The van der Waals surface area contributed by atoms with Gasteiger partial charge in [-0.2, -0.15) is 18.3 Å². The van der Waals surface area contributed by atoms with E-state index in [1.54, 1.807) is 38.1 Å². The van der Waals surface area contributed by atoms with Gasteiger partial charge in [-0.05, 0) is 62.6 Å². The molecule has 0 fully saturated rings. The van der Waals surface area contributed by atoms with Crippen LogP contribution >= 0.6 is 11.6 Å². The van der Waals surface area contributed by atoms with E-state index in [0.29, 0.717) is 22.5 Å². The Morgan fingerprint density at radius 2 is 1.83 bits per heavy atom. The van der Waals surface area contributed by atoms with Crippen LogP contribution in [-0.4, -0.2) is 27.6 Å². The Balaban J connectivity index is 1.81. The van der Waals surface area contributed by atoms with Crippen molar-refractivity contribution >= 4 is 29.1 Å². The Kier molecular flexibility index (Phi) is 7.90. The van der Waals surface area contributed by atoms with E-state index in [0.717, 1.165) is 12.5 Å². The van der Waals surface area contributed by atoms with Crippen molar-refractivity contribution in [3.8, 4) is 0 Å². The minimum absolute atomic E-state index is 0.0605. The number of anilines is 1. The van der Waals surface area contributed by atoms with Crippen LogP contribution < -0.4 is 10.6 Å². The van der Waals surface area contributed by atoms with Gasteiger partial charge in [-0.3, -0.25) is 14.3 Å². The third kappa shape index (κ3) is 6.22. The highest BCUT2D eigenvalue weighted by molar-refractivity contribution is 6.35. The van der Waals surface area contributed by atoms with Gasteiger partial charge in [0.15, 0.2) is 5.69 Å². The van der Waals surface area contributed by atoms with Crippen molar-refractivity contribution in [1.29, 1.82) is 0 Å². The van der Waals surface area contributed by atoms with Crippen LogP contribution in [-0.2, 0) is 12.7 Å². The molecule has 0 bridgehead atoms. The molecule has 186 valence electrons. The molecule has 0 aliphatic heterocycles. The zero-order valence-corrected chi connectivity index (χ0v) is 20.5. The lowest BCUT2D eigenvalue weighted by Gasteiger charge is -2.16. The van der Waals surface area contributed by atoms with E-state index in [9.17, 15) is 22.8 Å². The number of carbonyl (C=O) groups excluding carboxylic acids is 2. The SMILES string of the molecule is CCC(C)NC(=O)c1cccc(Cl)c1C(=O)Nc1ccc(Cn2nc(C(F)(F)F)cc2C)cc1C. The van der Waals surface area contributed by atoms with E-state index in [4.69, 9.17) is 11.6 Å². The van der Waals surface area contributed by atoms with Crippen LogP contribution in [0.3, 0.4) is 0 Å². The molecule has 1 aromatic heterocycles. The van der Waals surface area contributed by atoms with Crippen LogP contribution in [0.1, 0.15) is 63.5 Å². The van der Waals surface area contributed by atoms with E-state index in [2.05, 4.69) is 15.7 Å². The molecule has 6 nitrogen and oxygen atoms in total. The van der Waals surface area contributed by atoms with Crippen molar-refractivity contribution < 1.29 is 22.8 Å². The van der Waals surface area contributed by atoms with Gasteiger partial charge in [-0.25, -0.2) is 0 Å². The highest BCUT2D eigenvalue weighted by Crippen LogP contribution is 2.29. The van der Waals surface area contributed by atoms with Gasteiger partial charge in [0.2, 0.25) is 0 Å². The maximum atomic E-state index is 13.1. The second kappa shape index (κ2) is 10.5. The van der Waals surface area contributed by atoms with E-state index >= 15 is 0 Å². The lowest BCUT2D eigenvalue weighted by atomic mass is 10.0. The van der Waals surface area contributed by atoms with Crippen molar-refractivity contribution in [3.05, 3.63) is 81.1 Å². The van der Waals surface area contributed by atoms with Gasteiger partial charge >= 0.3 is 6.18 Å². The average molecular weight is 507 g/mol. The third-order valence-electron chi connectivity index (χ3n) is 5.62. The summed E-state index contributed by atoms with van der Waals surface area (Å²) >= 11 is 6.28. The third-order valence-corrected chi connectivity index (χ3v) is 5.93. The first-order valence-corrected chi connectivity index (χ1v) is 11.4. The van der Waals surface area contributed by atoms with Crippen molar-refractivity contribution in [2.24, 2.45) is 0 Å². The highest BCUT2D eigenvalue weighted by Gasteiger charge is 2.34. The summed E-state index contributed by atoms with van der Waals surface area (Å²) in [5, 5.41) is 9.41. The number of carbonyl (C=O) groups is 2. The summed E-state index contributed by atoms with van der Waals surface area (Å²) < 4.78 is 40.1. The topological polar surface area (TPSA) is 76.0 Å². The van der Waals surface area contributed by atoms with Crippen molar-refractivity contribution in [2.45, 2.75) is 52.9 Å². The Morgan fingerprint density at radius 3 is 2.43 bits per heavy atom. The van der Waals surface area contributed by atoms with Crippen LogP contribution in [0.4, 0.5) is 18.9 Å². The second-order valence-corrected chi connectivity index (χ2v) is 8.78. The molecule has 2 N–H and O–H groups in total. The molecule has 0 aliphatic rings. The lowest BCUT2D eigenvalue weighted by Crippen LogP contribution is -2.33. The Hall–Kier alpha value is -3.33. The van der Waals surface area contributed by atoms with E-state index in [1.807, 2.05) is 13.8 Å². The van der Waals surface area contributed by atoms with Crippen molar-refractivity contribution in [1.82, 2.24) is 15.1 Å². The number of hydrogen-bond acceptors (Lipinski definition) is 3. The second-order valence-electron chi connectivity index (χ2n) is 8.37. The molecule has 2 amide bonds. The number of alkyl halides is 3. The molecular weight excluding hydrogens is 481 g/mol. The number of nitrogens with zero attached hydrogens (tertiary/aromatic N) is 2. The Labute approximate surface area is 206 Å². The van der Waals surface area contributed by atoms with Crippen LogP contribution in [0.25, 0.3) is 0 Å². The first-order chi connectivity index (χ1) is 16.4. The molecule has 3 rings (SSSR count). The fourth-order valence-corrected chi connectivity index (χ4v) is 3.74. The molecule has 1 atom stereocenters. The molecule has 0 radical (unpaired) electrons. The number of benzene rings is 2. The zero-order valence-electron chi connectivity index (χ0n) is 19.8. The quantitative estimate of drug-likeness (QED) is 0.412. The van der Waals surface area contributed by atoms with Crippen LogP contribution in [0.2, 0.25) is 5.02 Å². The van der Waals surface area contributed by atoms with Crippen LogP contribution in [0.15, 0.2) is 42.5 Å². The smallest absolute Gasteiger partial charge is 0.350 e.